The van der Waals surface area contributed by atoms with Crippen molar-refractivity contribution in [2.75, 3.05) is 5.32 Å². The van der Waals surface area contributed by atoms with Crippen LogP contribution < -0.4 is 5.32 Å². The number of nitrogens with one attached hydrogen (secondary N) is 2. The first kappa shape index (κ1) is 15.6. The second kappa shape index (κ2) is 6.43. The Balaban J connectivity index is 1.78. The van der Waals surface area contributed by atoms with Gasteiger partial charge in [-0.05, 0) is 54.7 Å². The van der Waals surface area contributed by atoms with Gasteiger partial charge in [-0.3, -0.25) is 0 Å². The smallest absolute Gasteiger partial charge is 0.218 e. The monoisotopic (exact) mass is 392 g/mol. The first-order valence-electron chi connectivity index (χ1n) is 6.51. The molecule has 0 unspecified atom stereocenters. The van der Waals surface area contributed by atoms with Crippen LogP contribution in [0.1, 0.15) is 0 Å². The standard InChI is InChI=1S/C15H10BrFN4OS/c16-8-1-6-12-11(7-8)13(22)14(19-12)20-21-15(23)18-10-4-2-9(17)3-5-10/h1-7,19,22H,(H,18,23). The summed E-state index contributed by atoms with van der Waals surface area (Å²) < 4.78 is 13.7. The highest BCUT2D eigenvalue weighted by Crippen LogP contribution is 2.36. The van der Waals surface area contributed by atoms with Gasteiger partial charge in [0.15, 0.2) is 11.6 Å². The lowest BCUT2D eigenvalue weighted by Crippen LogP contribution is -2.04. The third-order valence-electron chi connectivity index (χ3n) is 3.05. The molecule has 1 aromatic heterocycles. The number of H-pyrrole nitrogens is 1. The van der Waals surface area contributed by atoms with Crippen LogP contribution in [0.15, 0.2) is 57.2 Å². The summed E-state index contributed by atoms with van der Waals surface area (Å²) in [5.74, 6) is -0.131. The van der Waals surface area contributed by atoms with E-state index in [1.165, 1.54) is 24.3 Å². The predicted octanol–water partition coefficient (Wildman–Crippen LogP) is 5.26. The molecule has 23 heavy (non-hydrogen) atoms. The molecule has 1 heterocycles. The van der Waals surface area contributed by atoms with Gasteiger partial charge >= 0.3 is 0 Å². The van der Waals surface area contributed by atoms with Gasteiger partial charge in [0.05, 0.1) is 5.52 Å². The van der Waals surface area contributed by atoms with Crippen LogP contribution in [0.3, 0.4) is 0 Å². The van der Waals surface area contributed by atoms with E-state index in [1.807, 2.05) is 12.1 Å². The number of thiocarbonyl (C=S) groups is 1. The second-order valence-electron chi connectivity index (χ2n) is 4.65. The molecule has 5 nitrogen and oxygen atoms in total. The SMILES string of the molecule is Oc1c(N=NC(=S)Nc2ccc(F)cc2)[nH]c2ccc(Br)cc12. The summed E-state index contributed by atoms with van der Waals surface area (Å²) in [6, 6.07) is 11.1. The van der Waals surface area contributed by atoms with Gasteiger partial charge in [-0.2, -0.15) is 0 Å². The molecule has 0 spiro atoms. The van der Waals surface area contributed by atoms with E-state index < -0.39 is 0 Å². The number of halogens is 2. The van der Waals surface area contributed by atoms with E-state index in [0.29, 0.717) is 11.1 Å². The average molecular weight is 393 g/mol. The fourth-order valence-electron chi connectivity index (χ4n) is 1.99. The van der Waals surface area contributed by atoms with Crippen molar-refractivity contribution in [2.45, 2.75) is 0 Å². The minimum Gasteiger partial charge on any atom is -0.504 e. The number of anilines is 1. The molecule has 0 saturated heterocycles. The van der Waals surface area contributed by atoms with Gasteiger partial charge in [0.1, 0.15) is 5.82 Å². The lowest BCUT2D eigenvalue weighted by molar-refractivity contribution is 0.482. The fourth-order valence-corrected chi connectivity index (χ4v) is 2.50. The third-order valence-corrected chi connectivity index (χ3v) is 3.73. The summed E-state index contributed by atoms with van der Waals surface area (Å²) in [5, 5.41) is 21.4. The Morgan fingerprint density at radius 1 is 1.22 bits per heavy atom. The molecule has 0 aliphatic rings. The fraction of sp³-hybridized carbons (Fsp3) is 0. The Morgan fingerprint density at radius 3 is 2.70 bits per heavy atom. The van der Waals surface area contributed by atoms with Crippen molar-refractivity contribution in [3.63, 3.8) is 0 Å². The van der Waals surface area contributed by atoms with E-state index in [1.54, 1.807) is 6.07 Å². The number of nitrogens with zero attached hydrogens (tertiary/aromatic N) is 2. The topological polar surface area (TPSA) is 72.8 Å². The minimum atomic E-state index is -0.336. The van der Waals surface area contributed by atoms with Gasteiger partial charge in [-0.25, -0.2) is 4.39 Å². The van der Waals surface area contributed by atoms with E-state index in [4.69, 9.17) is 12.2 Å². The van der Waals surface area contributed by atoms with Crippen LogP contribution in [-0.2, 0) is 0 Å². The number of hydrogen-bond donors (Lipinski definition) is 3. The molecule has 0 saturated carbocycles. The molecule has 3 aromatic rings. The molecule has 8 heteroatoms. The van der Waals surface area contributed by atoms with Crippen LogP contribution in [0.4, 0.5) is 15.9 Å². The third kappa shape index (κ3) is 3.54. The largest absolute Gasteiger partial charge is 0.504 e. The Kier molecular flexibility index (Phi) is 4.35. The number of fused-ring (bicyclic) bond motifs is 1. The summed E-state index contributed by atoms with van der Waals surface area (Å²) in [4.78, 5) is 2.95. The van der Waals surface area contributed by atoms with Crippen LogP contribution in [0.5, 0.6) is 5.75 Å². The average Bonchev–Trinajstić information content (AvgIpc) is 2.84. The van der Waals surface area contributed by atoms with Gasteiger partial charge < -0.3 is 15.4 Å². The summed E-state index contributed by atoms with van der Waals surface area (Å²) in [6.07, 6.45) is 0. The molecule has 0 amide bonds. The first-order chi connectivity index (χ1) is 11.0. The van der Waals surface area contributed by atoms with E-state index in [2.05, 4.69) is 36.5 Å². The normalized spacial score (nSPS) is 11.2. The van der Waals surface area contributed by atoms with Crippen molar-refractivity contribution >= 4 is 55.7 Å². The zero-order valence-electron chi connectivity index (χ0n) is 11.5. The molecule has 3 N–H and O–H groups in total. The molecule has 116 valence electrons. The van der Waals surface area contributed by atoms with Crippen molar-refractivity contribution in [3.05, 3.63) is 52.8 Å². The van der Waals surface area contributed by atoms with Crippen LogP contribution in [0.25, 0.3) is 10.9 Å². The summed E-state index contributed by atoms with van der Waals surface area (Å²) in [5.41, 5.74) is 1.33. The molecule has 0 bridgehead atoms. The Morgan fingerprint density at radius 2 is 1.96 bits per heavy atom. The number of aromatic hydroxyl groups is 1. The molecule has 3 rings (SSSR count). The first-order valence-corrected chi connectivity index (χ1v) is 7.71. The lowest BCUT2D eigenvalue weighted by Gasteiger charge is -2.01. The van der Waals surface area contributed by atoms with Gasteiger partial charge in [-0.1, -0.05) is 15.9 Å². The van der Waals surface area contributed by atoms with Crippen molar-refractivity contribution in [1.82, 2.24) is 4.98 Å². The highest BCUT2D eigenvalue weighted by Gasteiger charge is 2.10. The lowest BCUT2D eigenvalue weighted by atomic mass is 10.2. The summed E-state index contributed by atoms with van der Waals surface area (Å²) in [6.45, 7) is 0. The second-order valence-corrected chi connectivity index (χ2v) is 5.95. The Hall–Kier alpha value is -2.32. The number of azo groups is 1. The van der Waals surface area contributed by atoms with E-state index in [-0.39, 0.29) is 22.5 Å². The zero-order chi connectivity index (χ0) is 16.4. The predicted molar refractivity (Wildman–Crippen MR) is 94.8 cm³/mol. The quantitative estimate of drug-likeness (QED) is 0.411. The zero-order valence-corrected chi connectivity index (χ0v) is 13.9. The number of aromatic amines is 1. The maximum atomic E-state index is 12.8. The van der Waals surface area contributed by atoms with Crippen molar-refractivity contribution in [3.8, 4) is 5.75 Å². The van der Waals surface area contributed by atoms with Crippen LogP contribution in [0.2, 0.25) is 0 Å². The van der Waals surface area contributed by atoms with Crippen LogP contribution >= 0.6 is 28.1 Å². The van der Waals surface area contributed by atoms with E-state index >= 15 is 0 Å². The molecule has 0 atom stereocenters. The van der Waals surface area contributed by atoms with E-state index in [9.17, 15) is 9.50 Å². The highest BCUT2D eigenvalue weighted by molar-refractivity contribution is 9.10. The van der Waals surface area contributed by atoms with Gasteiger partial charge in [0.25, 0.3) is 0 Å². The molecular weight excluding hydrogens is 383 g/mol. The van der Waals surface area contributed by atoms with E-state index in [0.717, 1.165) is 9.99 Å². The Bertz CT molecular complexity index is 908. The number of rotatable bonds is 2. The van der Waals surface area contributed by atoms with Crippen LogP contribution in [-0.4, -0.2) is 15.2 Å². The summed E-state index contributed by atoms with van der Waals surface area (Å²) in [7, 11) is 0. The molecule has 0 fully saturated rings. The van der Waals surface area contributed by atoms with Crippen molar-refractivity contribution < 1.29 is 9.50 Å². The van der Waals surface area contributed by atoms with Gasteiger partial charge in [-0.15, -0.1) is 10.2 Å². The van der Waals surface area contributed by atoms with Crippen LogP contribution in [0, 0.1) is 5.82 Å². The maximum Gasteiger partial charge on any atom is 0.218 e. The van der Waals surface area contributed by atoms with Gasteiger partial charge in [0, 0.05) is 15.5 Å². The number of aromatic nitrogens is 1. The Labute approximate surface area is 144 Å². The molecule has 2 aromatic carbocycles. The molecule has 0 aliphatic carbocycles. The van der Waals surface area contributed by atoms with Crippen molar-refractivity contribution in [2.24, 2.45) is 10.2 Å². The molecular formula is C15H10BrFN4OS. The maximum absolute atomic E-state index is 12.8. The molecule has 0 radical (unpaired) electrons. The number of hydrogen-bond acceptors (Lipinski definition) is 3. The highest BCUT2D eigenvalue weighted by atomic mass is 79.9. The molecule has 0 aliphatic heterocycles. The summed E-state index contributed by atoms with van der Waals surface area (Å²) >= 11 is 8.39. The van der Waals surface area contributed by atoms with Gasteiger partial charge in [0.2, 0.25) is 5.11 Å². The number of benzene rings is 2. The minimum absolute atomic E-state index is 0.00497. The van der Waals surface area contributed by atoms with Crippen molar-refractivity contribution in [1.29, 1.82) is 0 Å².